The minimum Gasteiger partial charge on any atom is -0.477 e. The third kappa shape index (κ3) is 6.30. The van der Waals surface area contributed by atoms with Gasteiger partial charge in [0.1, 0.15) is 12.0 Å². The molecule has 1 aliphatic rings. The number of amides is 1. The largest absolute Gasteiger partial charge is 0.477 e. The van der Waals surface area contributed by atoms with Gasteiger partial charge >= 0.3 is 0 Å². The Kier molecular flexibility index (Phi) is 7.20. The zero-order valence-corrected chi connectivity index (χ0v) is 16.4. The first-order chi connectivity index (χ1) is 13.1. The van der Waals surface area contributed by atoms with Gasteiger partial charge in [0.15, 0.2) is 6.61 Å². The smallest absolute Gasteiger partial charge is 0.258 e. The lowest BCUT2D eigenvalue weighted by Gasteiger charge is -2.25. The molecule has 1 aromatic heterocycles. The van der Waals surface area contributed by atoms with Crippen molar-refractivity contribution in [1.82, 2.24) is 10.2 Å². The van der Waals surface area contributed by atoms with Crippen LogP contribution < -0.4 is 15.5 Å². The van der Waals surface area contributed by atoms with E-state index in [1.807, 2.05) is 23.9 Å². The Hall–Kier alpha value is -1.96. The molecular formula is C19H21ClN2O4S. The van der Waals surface area contributed by atoms with Crippen molar-refractivity contribution in [2.24, 2.45) is 0 Å². The van der Waals surface area contributed by atoms with E-state index in [9.17, 15) is 9.59 Å². The van der Waals surface area contributed by atoms with Gasteiger partial charge < -0.3 is 14.5 Å². The minimum absolute atomic E-state index is 0.0332. The van der Waals surface area contributed by atoms with Crippen LogP contribution in [0.1, 0.15) is 11.3 Å². The van der Waals surface area contributed by atoms with Gasteiger partial charge in [-0.05, 0) is 17.7 Å². The molecule has 8 heteroatoms. The van der Waals surface area contributed by atoms with Crippen molar-refractivity contribution in [2.45, 2.75) is 13.1 Å². The summed E-state index contributed by atoms with van der Waals surface area (Å²) in [5.74, 6) is 2.49. The molecule has 2 aromatic rings. The van der Waals surface area contributed by atoms with Gasteiger partial charge in [0.2, 0.25) is 11.2 Å². The van der Waals surface area contributed by atoms with Crippen LogP contribution in [0.25, 0.3) is 0 Å². The predicted octanol–water partition coefficient (Wildman–Crippen LogP) is 2.54. The summed E-state index contributed by atoms with van der Waals surface area (Å²) in [5.41, 5.74) is 0.598. The first-order valence-electron chi connectivity index (χ1n) is 8.66. The van der Waals surface area contributed by atoms with E-state index in [0.29, 0.717) is 23.9 Å². The fourth-order valence-electron chi connectivity index (χ4n) is 2.65. The lowest BCUT2D eigenvalue weighted by atomic mass is 10.2. The molecule has 0 spiro atoms. The Morgan fingerprint density at radius 2 is 2.11 bits per heavy atom. The minimum atomic E-state index is -0.329. The zero-order valence-electron chi connectivity index (χ0n) is 14.8. The summed E-state index contributed by atoms with van der Waals surface area (Å²) in [6.07, 6.45) is 1.28. The monoisotopic (exact) mass is 408 g/mol. The third-order valence-corrected chi connectivity index (χ3v) is 5.25. The maximum atomic E-state index is 12.2. The quantitative estimate of drug-likeness (QED) is 0.759. The van der Waals surface area contributed by atoms with E-state index < -0.39 is 0 Å². The topological polar surface area (TPSA) is 71.8 Å². The number of ether oxygens (including phenoxy) is 1. The summed E-state index contributed by atoms with van der Waals surface area (Å²) in [5, 5.41) is 3.33. The molecule has 0 aliphatic carbocycles. The number of benzene rings is 1. The van der Waals surface area contributed by atoms with Gasteiger partial charge in [0.05, 0.1) is 6.54 Å². The van der Waals surface area contributed by atoms with E-state index in [2.05, 4.69) is 10.2 Å². The highest BCUT2D eigenvalue weighted by atomic mass is 35.5. The van der Waals surface area contributed by atoms with Gasteiger partial charge in [-0.3, -0.25) is 14.5 Å². The first-order valence-corrected chi connectivity index (χ1v) is 10.2. The van der Waals surface area contributed by atoms with Crippen LogP contribution in [0.5, 0.6) is 5.75 Å². The number of nitrogens with one attached hydrogen (secondary N) is 1. The highest BCUT2D eigenvalue weighted by Gasteiger charge is 2.13. The van der Waals surface area contributed by atoms with E-state index in [4.69, 9.17) is 20.8 Å². The number of carbonyl (C=O) groups is 1. The first kappa shape index (κ1) is 19.8. The van der Waals surface area contributed by atoms with E-state index in [0.717, 1.165) is 30.2 Å². The molecule has 0 saturated carbocycles. The lowest BCUT2D eigenvalue weighted by molar-refractivity contribution is -0.123. The number of thioether (sulfide) groups is 1. The average molecular weight is 409 g/mol. The van der Waals surface area contributed by atoms with Crippen LogP contribution in [0.4, 0.5) is 0 Å². The number of hydrogen-bond donors (Lipinski definition) is 1. The molecule has 0 radical (unpaired) electrons. The summed E-state index contributed by atoms with van der Waals surface area (Å²) in [6.45, 7) is 2.66. The Labute approximate surface area is 166 Å². The Bertz CT molecular complexity index is 836. The van der Waals surface area contributed by atoms with Crippen LogP contribution in [0.3, 0.4) is 0 Å². The van der Waals surface area contributed by atoms with E-state index in [1.54, 1.807) is 12.1 Å². The Balaban J connectivity index is 1.47. The molecule has 27 heavy (non-hydrogen) atoms. The predicted molar refractivity (Wildman–Crippen MR) is 106 cm³/mol. The molecule has 0 atom stereocenters. The molecular weight excluding hydrogens is 388 g/mol. The molecule has 1 aromatic carbocycles. The van der Waals surface area contributed by atoms with Gasteiger partial charge in [-0.2, -0.15) is 11.8 Å². The van der Waals surface area contributed by atoms with Crippen molar-refractivity contribution in [1.29, 1.82) is 0 Å². The maximum absolute atomic E-state index is 12.2. The van der Waals surface area contributed by atoms with Crippen molar-refractivity contribution in [3.05, 3.63) is 63.2 Å². The zero-order chi connectivity index (χ0) is 19.1. The number of hydrogen-bond acceptors (Lipinski definition) is 6. The molecule has 2 heterocycles. The maximum Gasteiger partial charge on any atom is 0.258 e. The van der Waals surface area contributed by atoms with E-state index >= 15 is 0 Å². The van der Waals surface area contributed by atoms with Crippen molar-refractivity contribution in [2.75, 3.05) is 31.2 Å². The number of carbonyl (C=O) groups excluding carboxylic acids is 1. The highest BCUT2D eigenvalue weighted by Crippen LogP contribution is 2.14. The molecule has 1 amide bonds. The van der Waals surface area contributed by atoms with Gasteiger partial charge in [0, 0.05) is 42.2 Å². The van der Waals surface area contributed by atoms with Crippen LogP contribution in [0, 0.1) is 0 Å². The summed E-state index contributed by atoms with van der Waals surface area (Å²) < 4.78 is 10.8. The van der Waals surface area contributed by atoms with Crippen molar-refractivity contribution >= 4 is 29.3 Å². The van der Waals surface area contributed by atoms with Gasteiger partial charge in [-0.25, -0.2) is 0 Å². The highest BCUT2D eigenvalue weighted by molar-refractivity contribution is 7.99. The number of rotatable bonds is 7. The molecule has 6 nitrogen and oxygen atoms in total. The normalized spacial score (nSPS) is 14.7. The Morgan fingerprint density at radius 1 is 1.30 bits per heavy atom. The molecule has 1 N–H and O–H groups in total. The summed E-state index contributed by atoms with van der Waals surface area (Å²) in [7, 11) is 0. The van der Waals surface area contributed by atoms with Crippen LogP contribution in [-0.2, 0) is 17.9 Å². The molecule has 1 fully saturated rings. The molecule has 1 aliphatic heterocycles. The SMILES string of the molecule is O=C(COc1coc(CN2CCSCC2)cc1=O)NCc1cccc(Cl)c1. The summed E-state index contributed by atoms with van der Waals surface area (Å²) in [4.78, 5) is 26.3. The van der Waals surface area contributed by atoms with Gasteiger partial charge in [-0.15, -0.1) is 0 Å². The standard InChI is InChI=1S/C19H21ClN2O4S/c20-15-3-1-2-14(8-15)10-21-19(24)13-26-18-12-25-16(9-17(18)23)11-22-4-6-27-7-5-22/h1-3,8-9,12H,4-7,10-11,13H2,(H,21,24). The second-order valence-electron chi connectivity index (χ2n) is 6.16. The van der Waals surface area contributed by atoms with Gasteiger partial charge in [-0.1, -0.05) is 23.7 Å². The second-order valence-corrected chi connectivity index (χ2v) is 7.82. The third-order valence-electron chi connectivity index (χ3n) is 4.07. The summed E-state index contributed by atoms with van der Waals surface area (Å²) in [6, 6.07) is 8.65. The molecule has 1 saturated heterocycles. The molecule has 0 unspecified atom stereocenters. The van der Waals surface area contributed by atoms with Crippen LogP contribution >= 0.6 is 23.4 Å². The average Bonchev–Trinajstić information content (AvgIpc) is 2.67. The van der Waals surface area contributed by atoms with Crippen molar-refractivity contribution in [3.63, 3.8) is 0 Å². The summed E-state index contributed by atoms with van der Waals surface area (Å²) >= 11 is 7.84. The van der Waals surface area contributed by atoms with Crippen LogP contribution in [-0.4, -0.2) is 42.0 Å². The number of nitrogens with zero attached hydrogens (tertiary/aromatic N) is 1. The molecule has 0 bridgehead atoms. The fourth-order valence-corrected chi connectivity index (χ4v) is 3.84. The van der Waals surface area contributed by atoms with Gasteiger partial charge in [0.25, 0.3) is 5.91 Å². The second kappa shape index (κ2) is 9.82. The van der Waals surface area contributed by atoms with Crippen molar-refractivity contribution < 1.29 is 13.9 Å². The number of halogens is 1. The lowest BCUT2D eigenvalue weighted by Crippen LogP contribution is -2.32. The van der Waals surface area contributed by atoms with E-state index in [-0.39, 0.29) is 23.7 Å². The molecule has 144 valence electrons. The van der Waals surface area contributed by atoms with Crippen LogP contribution in [0.15, 0.2) is 45.8 Å². The van der Waals surface area contributed by atoms with E-state index in [1.165, 1.54) is 12.3 Å². The Morgan fingerprint density at radius 3 is 2.85 bits per heavy atom. The fraction of sp³-hybridized carbons (Fsp3) is 0.368. The molecule has 3 rings (SSSR count). The van der Waals surface area contributed by atoms with Crippen LogP contribution in [0.2, 0.25) is 5.02 Å². The van der Waals surface area contributed by atoms with Crippen molar-refractivity contribution in [3.8, 4) is 5.75 Å².